The van der Waals surface area contributed by atoms with Crippen molar-refractivity contribution in [2.24, 2.45) is 5.92 Å². The quantitative estimate of drug-likeness (QED) is 0.746. The molecular weight excluding hydrogens is 224 g/mol. The highest BCUT2D eigenvalue weighted by molar-refractivity contribution is 6.32. The van der Waals surface area contributed by atoms with Crippen molar-refractivity contribution in [3.8, 4) is 0 Å². The van der Waals surface area contributed by atoms with Crippen LogP contribution in [0.1, 0.15) is 20.3 Å². The van der Waals surface area contributed by atoms with Gasteiger partial charge in [-0.25, -0.2) is 4.98 Å². The van der Waals surface area contributed by atoms with Gasteiger partial charge in [0.15, 0.2) is 0 Å². The van der Waals surface area contributed by atoms with Crippen molar-refractivity contribution in [3.05, 3.63) is 23.4 Å². The highest BCUT2D eigenvalue weighted by atomic mass is 35.5. The number of pyridine rings is 1. The molecule has 0 unspecified atom stereocenters. The lowest BCUT2D eigenvalue weighted by atomic mass is 10.1. The van der Waals surface area contributed by atoms with E-state index in [0.29, 0.717) is 17.5 Å². The maximum absolute atomic E-state index is 5.94. The summed E-state index contributed by atoms with van der Waals surface area (Å²) in [4.78, 5) is 4.13. The van der Waals surface area contributed by atoms with Gasteiger partial charge in [-0.1, -0.05) is 25.4 Å². The summed E-state index contributed by atoms with van der Waals surface area (Å²) in [5, 5.41) is 3.78. The lowest BCUT2D eigenvalue weighted by Crippen LogP contribution is -2.11. The molecule has 0 aliphatic heterocycles. The van der Waals surface area contributed by atoms with Gasteiger partial charge in [-0.15, -0.1) is 0 Å². The maximum atomic E-state index is 5.94. The summed E-state index contributed by atoms with van der Waals surface area (Å²) in [6, 6.07) is 3.63. The normalized spacial score (nSPS) is 10.8. The van der Waals surface area contributed by atoms with E-state index in [1.165, 1.54) is 0 Å². The summed E-state index contributed by atoms with van der Waals surface area (Å²) in [5.41, 5.74) is 0. The van der Waals surface area contributed by atoms with Gasteiger partial charge in [0.05, 0.1) is 11.6 Å². The van der Waals surface area contributed by atoms with Gasteiger partial charge < -0.3 is 10.1 Å². The molecule has 3 nitrogen and oxygen atoms in total. The van der Waals surface area contributed by atoms with Gasteiger partial charge in [-0.05, 0) is 24.5 Å². The zero-order chi connectivity index (χ0) is 11.8. The van der Waals surface area contributed by atoms with Crippen molar-refractivity contribution >= 4 is 17.4 Å². The fourth-order valence-electron chi connectivity index (χ4n) is 1.18. The van der Waals surface area contributed by atoms with Crippen LogP contribution in [-0.4, -0.2) is 24.7 Å². The topological polar surface area (TPSA) is 34.1 Å². The molecule has 0 aliphatic carbocycles. The molecule has 0 bridgehead atoms. The second-order valence-corrected chi connectivity index (χ2v) is 4.46. The minimum atomic E-state index is 0.643. The minimum Gasteiger partial charge on any atom is -0.380 e. The van der Waals surface area contributed by atoms with Gasteiger partial charge in [0.2, 0.25) is 0 Å². The monoisotopic (exact) mass is 242 g/mol. The summed E-state index contributed by atoms with van der Waals surface area (Å²) < 4.78 is 5.47. The van der Waals surface area contributed by atoms with Gasteiger partial charge in [0.1, 0.15) is 5.82 Å². The van der Waals surface area contributed by atoms with Crippen molar-refractivity contribution in [1.82, 2.24) is 4.98 Å². The Balaban J connectivity index is 2.10. The van der Waals surface area contributed by atoms with Gasteiger partial charge >= 0.3 is 0 Å². The SMILES string of the molecule is CC(C)CCOCCNc1ncccc1Cl. The van der Waals surface area contributed by atoms with Gasteiger partial charge in [0, 0.05) is 19.3 Å². The van der Waals surface area contributed by atoms with Crippen LogP contribution in [-0.2, 0) is 4.74 Å². The van der Waals surface area contributed by atoms with E-state index in [9.17, 15) is 0 Å². The molecule has 0 radical (unpaired) electrons. The highest BCUT2D eigenvalue weighted by Crippen LogP contribution is 2.16. The third-order valence-electron chi connectivity index (χ3n) is 2.14. The lowest BCUT2D eigenvalue weighted by molar-refractivity contribution is 0.132. The number of hydrogen-bond donors (Lipinski definition) is 1. The van der Waals surface area contributed by atoms with Crippen LogP contribution in [0.2, 0.25) is 5.02 Å². The average molecular weight is 243 g/mol. The number of nitrogens with one attached hydrogen (secondary N) is 1. The molecule has 0 aromatic carbocycles. The summed E-state index contributed by atoms with van der Waals surface area (Å²) in [7, 11) is 0. The molecule has 1 heterocycles. The van der Waals surface area contributed by atoms with Crippen molar-refractivity contribution in [1.29, 1.82) is 0 Å². The molecule has 0 spiro atoms. The van der Waals surface area contributed by atoms with E-state index in [4.69, 9.17) is 16.3 Å². The van der Waals surface area contributed by atoms with Crippen molar-refractivity contribution in [2.75, 3.05) is 25.1 Å². The lowest BCUT2D eigenvalue weighted by Gasteiger charge is -2.08. The second kappa shape index (κ2) is 7.47. The molecule has 0 aliphatic rings. The first-order chi connectivity index (χ1) is 7.70. The molecule has 0 atom stereocenters. The highest BCUT2D eigenvalue weighted by Gasteiger charge is 1.98. The van der Waals surface area contributed by atoms with E-state index >= 15 is 0 Å². The first kappa shape index (κ1) is 13.3. The van der Waals surface area contributed by atoms with Gasteiger partial charge in [-0.2, -0.15) is 0 Å². The molecule has 1 N–H and O–H groups in total. The molecule has 16 heavy (non-hydrogen) atoms. The second-order valence-electron chi connectivity index (χ2n) is 4.06. The largest absolute Gasteiger partial charge is 0.380 e. The number of halogens is 1. The molecule has 0 amide bonds. The van der Waals surface area contributed by atoms with Crippen molar-refractivity contribution in [3.63, 3.8) is 0 Å². The molecule has 1 aromatic heterocycles. The number of ether oxygens (including phenoxy) is 1. The maximum Gasteiger partial charge on any atom is 0.144 e. The first-order valence-electron chi connectivity index (χ1n) is 5.62. The minimum absolute atomic E-state index is 0.643. The van der Waals surface area contributed by atoms with Gasteiger partial charge in [0.25, 0.3) is 0 Å². The third-order valence-corrected chi connectivity index (χ3v) is 2.44. The first-order valence-corrected chi connectivity index (χ1v) is 6.00. The zero-order valence-electron chi connectivity index (χ0n) is 9.87. The van der Waals surface area contributed by atoms with E-state index in [-0.39, 0.29) is 0 Å². The Bertz CT molecular complexity index is 305. The van der Waals surface area contributed by atoms with E-state index < -0.39 is 0 Å². The molecule has 0 saturated heterocycles. The standard InChI is InChI=1S/C12H19ClN2O/c1-10(2)5-8-16-9-7-15-12-11(13)4-3-6-14-12/h3-4,6,10H,5,7-9H2,1-2H3,(H,14,15). The fraction of sp³-hybridized carbons (Fsp3) is 0.583. The van der Waals surface area contributed by atoms with E-state index in [0.717, 1.165) is 25.4 Å². The Hall–Kier alpha value is -0.800. The molecule has 0 fully saturated rings. The number of nitrogens with zero attached hydrogens (tertiary/aromatic N) is 1. The van der Waals surface area contributed by atoms with Crippen molar-refractivity contribution in [2.45, 2.75) is 20.3 Å². The Morgan fingerprint density at radius 3 is 2.94 bits per heavy atom. The summed E-state index contributed by atoms with van der Waals surface area (Å²) in [6.45, 7) is 6.61. The number of rotatable bonds is 7. The van der Waals surface area contributed by atoms with Crippen LogP contribution in [0, 0.1) is 5.92 Å². The summed E-state index contributed by atoms with van der Waals surface area (Å²) >= 11 is 5.94. The van der Waals surface area contributed by atoms with Crippen LogP contribution in [0.15, 0.2) is 18.3 Å². The zero-order valence-corrected chi connectivity index (χ0v) is 10.6. The van der Waals surface area contributed by atoms with E-state index in [1.54, 1.807) is 6.20 Å². The molecule has 0 saturated carbocycles. The van der Waals surface area contributed by atoms with Crippen LogP contribution < -0.4 is 5.32 Å². The van der Waals surface area contributed by atoms with Crippen LogP contribution in [0.25, 0.3) is 0 Å². The Kier molecular flexibility index (Phi) is 6.19. The van der Waals surface area contributed by atoms with Crippen molar-refractivity contribution < 1.29 is 4.74 Å². The number of anilines is 1. The Morgan fingerprint density at radius 1 is 1.44 bits per heavy atom. The number of aromatic nitrogens is 1. The molecule has 4 heteroatoms. The number of hydrogen-bond acceptors (Lipinski definition) is 3. The molecule has 1 rings (SSSR count). The van der Waals surface area contributed by atoms with E-state index in [1.807, 2.05) is 12.1 Å². The third kappa shape index (κ3) is 5.33. The van der Waals surface area contributed by atoms with Crippen LogP contribution in [0.3, 0.4) is 0 Å². The predicted octanol–water partition coefficient (Wildman–Crippen LogP) is 3.21. The van der Waals surface area contributed by atoms with Crippen LogP contribution in [0.5, 0.6) is 0 Å². The molecule has 90 valence electrons. The average Bonchev–Trinajstić information content (AvgIpc) is 2.25. The Labute approximate surface area is 102 Å². The van der Waals surface area contributed by atoms with Crippen LogP contribution in [0.4, 0.5) is 5.82 Å². The van der Waals surface area contributed by atoms with Crippen LogP contribution >= 0.6 is 11.6 Å². The molecule has 1 aromatic rings. The van der Waals surface area contributed by atoms with Gasteiger partial charge in [-0.3, -0.25) is 0 Å². The smallest absolute Gasteiger partial charge is 0.144 e. The molecular formula is C12H19ClN2O. The fourth-order valence-corrected chi connectivity index (χ4v) is 1.37. The summed E-state index contributed by atoms with van der Waals surface area (Å²) in [5.74, 6) is 1.41. The summed E-state index contributed by atoms with van der Waals surface area (Å²) in [6.07, 6.45) is 2.82. The van der Waals surface area contributed by atoms with E-state index in [2.05, 4.69) is 24.1 Å². The predicted molar refractivity (Wildman–Crippen MR) is 68.0 cm³/mol. The Morgan fingerprint density at radius 2 is 2.25 bits per heavy atom.